The molecule has 1 aromatic rings. The lowest BCUT2D eigenvalue weighted by atomic mass is 10.3. The molecule has 0 saturated carbocycles. The Morgan fingerprint density at radius 3 is 2.47 bits per heavy atom. The minimum absolute atomic E-state index is 0.313. The maximum atomic E-state index is 4.98. The Kier molecular flexibility index (Phi) is 4.30. The van der Waals surface area contributed by atoms with Crippen molar-refractivity contribution in [3.8, 4) is 5.75 Å². The van der Waals surface area contributed by atoms with Gasteiger partial charge in [-0.25, -0.2) is 9.97 Å². The van der Waals surface area contributed by atoms with Gasteiger partial charge in [0.2, 0.25) is 5.95 Å². The number of aromatic nitrogens is 2. The van der Waals surface area contributed by atoms with E-state index < -0.39 is 0 Å². The Hall–Kier alpha value is -1.36. The molecule has 0 aromatic carbocycles. The standard InChI is InChI=1S/C10H18N4O/c1-8(7-14(2)3)13-10-11-5-9(15-4)6-12-10/h5-6,8H,7H2,1-4H3,(H,11,12,13). The predicted molar refractivity (Wildman–Crippen MR) is 60.2 cm³/mol. The van der Waals surface area contributed by atoms with Crippen molar-refractivity contribution in [2.75, 3.05) is 33.1 Å². The highest BCUT2D eigenvalue weighted by Crippen LogP contribution is 2.07. The molecule has 0 aliphatic carbocycles. The van der Waals surface area contributed by atoms with E-state index in [1.54, 1.807) is 19.5 Å². The first-order chi connectivity index (χ1) is 7.11. The summed E-state index contributed by atoms with van der Waals surface area (Å²) in [7, 11) is 5.67. The van der Waals surface area contributed by atoms with Crippen molar-refractivity contribution in [3.63, 3.8) is 0 Å². The van der Waals surface area contributed by atoms with E-state index >= 15 is 0 Å². The molecule has 0 aliphatic heterocycles. The van der Waals surface area contributed by atoms with Crippen molar-refractivity contribution in [2.24, 2.45) is 0 Å². The van der Waals surface area contributed by atoms with Crippen LogP contribution in [0.4, 0.5) is 5.95 Å². The van der Waals surface area contributed by atoms with E-state index in [4.69, 9.17) is 4.74 Å². The zero-order valence-electron chi connectivity index (χ0n) is 9.69. The van der Waals surface area contributed by atoms with Crippen LogP contribution in [0.25, 0.3) is 0 Å². The van der Waals surface area contributed by atoms with E-state index in [0.29, 0.717) is 17.7 Å². The summed E-state index contributed by atoms with van der Waals surface area (Å²) < 4.78 is 4.98. The molecule has 1 rings (SSSR count). The van der Waals surface area contributed by atoms with Crippen molar-refractivity contribution in [1.82, 2.24) is 14.9 Å². The van der Waals surface area contributed by atoms with Crippen LogP contribution in [0.3, 0.4) is 0 Å². The van der Waals surface area contributed by atoms with E-state index in [0.717, 1.165) is 6.54 Å². The number of nitrogens with zero attached hydrogens (tertiary/aromatic N) is 3. The van der Waals surface area contributed by atoms with Crippen molar-refractivity contribution >= 4 is 5.95 Å². The van der Waals surface area contributed by atoms with E-state index in [2.05, 4.69) is 27.1 Å². The van der Waals surface area contributed by atoms with Gasteiger partial charge in [-0.05, 0) is 21.0 Å². The number of nitrogens with one attached hydrogen (secondary N) is 1. The van der Waals surface area contributed by atoms with Gasteiger partial charge in [0, 0.05) is 12.6 Å². The molecule has 5 heteroatoms. The van der Waals surface area contributed by atoms with E-state index in [9.17, 15) is 0 Å². The van der Waals surface area contributed by atoms with Crippen LogP contribution in [-0.2, 0) is 0 Å². The summed E-state index contributed by atoms with van der Waals surface area (Å²) in [4.78, 5) is 10.4. The van der Waals surface area contributed by atoms with Crippen LogP contribution in [0.2, 0.25) is 0 Å². The summed E-state index contributed by atoms with van der Waals surface area (Å²) in [6.45, 7) is 3.03. The van der Waals surface area contributed by atoms with Crippen LogP contribution in [0.1, 0.15) is 6.92 Å². The summed E-state index contributed by atoms with van der Waals surface area (Å²) >= 11 is 0. The maximum absolute atomic E-state index is 4.98. The van der Waals surface area contributed by atoms with Crippen LogP contribution in [0, 0.1) is 0 Å². The summed E-state index contributed by atoms with van der Waals surface area (Å²) in [6, 6.07) is 0.313. The maximum Gasteiger partial charge on any atom is 0.223 e. The van der Waals surface area contributed by atoms with Crippen LogP contribution in [0.5, 0.6) is 5.75 Å². The minimum atomic E-state index is 0.313. The fourth-order valence-electron chi connectivity index (χ4n) is 1.31. The topological polar surface area (TPSA) is 50.3 Å². The molecule has 0 saturated heterocycles. The second-order valence-corrected chi connectivity index (χ2v) is 3.75. The number of anilines is 1. The van der Waals surface area contributed by atoms with Crippen LogP contribution in [-0.4, -0.2) is 48.7 Å². The SMILES string of the molecule is COc1cnc(NC(C)CN(C)C)nc1. The molecule has 1 unspecified atom stereocenters. The molecule has 15 heavy (non-hydrogen) atoms. The van der Waals surface area contributed by atoms with Crippen LogP contribution < -0.4 is 10.1 Å². The molecule has 84 valence electrons. The molecule has 1 aromatic heterocycles. The van der Waals surface area contributed by atoms with Gasteiger partial charge >= 0.3 is 0 Å². The molecular formula is C10H18N4O. The van der Waals surface area contributed by atoms with Gasteiger partial charge in [0.15, 0.2) is 5.75 Å². The second-order valence-electron chi connectivity index (χ2n) is 3.75. The molecule has 1 heterocycles. The van der Waals surface area contributed by atoms with Gasteiger partial charge < -0.3 is 15.0 Å². The highest BCUT2D eigenvalue weighted by atomic mass is 16.5. The molecule has 0 radical (unpaired) electrons. The average molecular weight is 210 g/mol. The number of methoxy groups -OCH3 is 1. The molecule has 1 N–H and O–H groups in total. The molecule has 0 aliphatic rings. The monoisotopic (exact) mass is 210 g/mol. The lowest BCUT2D eigenvalue weighted by Gasteiger charge is -2.17. The lowest BCUT2D eigenvalue weighted by Crippen LogP contribution is -2.30. The van der Waals surface area contributed by atoms with E-state index in [-0.39, 0.29) is 0 Å². The van der Waals surface area contributed by atoms with Crippen molar-refractivity contribution in [3.05, 3.63) is 12.4 Å². The Morgan fingerprint density at radius 1 is 1.40 bits per heavy atom. The first kappa shape index (κ1) is 11.7. The first-order valence-corrected chi connectivity index (χ1v) is 4.89. The molecule has 0 spiro atoms. The molecule has 1 atom stereocenters. The van der Waals surface area contributed by atoms with E-state index in [1.807, 2.05) is 14.1 Å². The number of ether oxygens (including phenoxy) is 1. The smallest absolute Gasteiger partial charge is 0.223 e. The highest BCUT2D eigenvalue weighted by Gasteiger charge is 2.04. The third-order valence-electron chi connectivity index (χ3n) is 1.88. The summed E-state index contributed by atoms with van der Waals surface area (Å²) in [5, 5.41) is 3.21. The fourth-order valence-corrected chi connectivity index (χ4v) is 1.31. The number of likely N-dealkylation sites (N-methyl/N-ethyl adjacent to an activating group) is 1. The Labute approximate surface area is 90.5 Å². The average Bonchev–Trinajstić information content (AvgIpc) is 2.17. The summed E-state index contributed by atoms with van der Waals surface area (Å²) in [5.74, 6) is 1.30. The number of hydrogen-bond acceptors (Lipinski definition) is 5. The van der Waals surface area contributed by atoms with Gasteiger partial charge in [-0.2, -0.15) is 0 Å². The first-order valence-electron chi connectivity index (χ1n) is 4.89. The van der Waals surface area contributed by atoms with Gasteiger partial charge in [0.1, 0.15) is 0 Å². The summed E-state index contributed by atoms with van der Waals surface area (Å²) in [5.41, 5.74) is 0. The van der Waals surface area contributed by atoms with Crippen molar-refractivity contribution in [2.45, 2.75) is 13.0 Å². The van der Waals surface area contributed by atoms with Crippen LogP contribution in [0.15, 0.2) is 12.4 Å². The van der Waals surface area contributed by atoms with Crippen molar-refractivity contribution in [1.29, 1.82) is 0 Å². The zero-order valence-corrected chi connectivity index (χ0v) is 9.69. The van der Waals surface area contributed by atoms with Gasteiger partial charge in [-0.15, -0.1) is 0 Å². The quantitative estimate of drug-likeness (QED) is 0.780. The molecule has 5 nitrogen and oxygen atoms in total. The normalized spacial score (nSPS) is 12.6. The fraction of sp³-hybridized carbons (Fsp3) is 0.600. The third-order valence-corrected chi connectivity index (χ3v) is 1.88. The van der Waals surface area contributed by atoms with Crippen LogP contribution >= 0.6 is 0 Å². The van der Waals surface area contributed by atoms with Gasteiger partial charge in [0.05, 0.1) is 19.5 Å². The minimum Gasteiger partial charge on any atom is -0.494 e. The highest BCUT2D eigenvalue weighted by molar-refractivity contribution is 5.28. The van der Waals surface area contributed by atoms with Crippen molar-refractivity contribution < 1.29 is 4.74 Å². The molecule has 0 bridgehead atoms. The van der Waals surface area contributed by atoms with Gasteiger partial charge in [0.25, 0.3) is 0 Å². The zero-order chi connectivity index (χ0) is 11.3. The van der Waals surface area contributed by atoms with Gasteiger partial charge in [-0.1, -0.05) is 0 Å². The Bertz CT molecular complexity index is 286. The molecule has 0 fully saturated rings. The Morgan fingerprint density at radius 2 is 2.00 bits per heavy atom. The second kappa shape index (κ2) is 5.50. The summed E-state index contributed by atoms with van der Waals surface area (Å²) in [6.07, 6.45) is 3.30. The number of hydrogen-bond donors (Lipinski definition) is 1. The third kappa shape index (κ3) is 4.12. The largest absolute Gasteiger partial charge is 0.494 e. The van der Waals surface area contributed by atoms with Gasteiger partial charge in [-0.3, -0.25) is 0 Å². The van der Waals surface area contributed by atoms with E-state index in [1.165, 1.54) is 0 Å². The molecule has 0 amide bonds. The molecular weight excluding hydrogens is 192 g/mol. The lowest BCUT2D eigenvalue weighted by molar-refractivity contribution is 0.391. The Balaban J connectivity index is 2.49. The predicted octanol–water partition coefficient (Wildman–Crippen LogP) is 0.847. The number of rotatable bonds is 5.